The number of anilines is 1. The van der Waals surface area contributed by atoms with Crippen molar-refractivity contribution in [2.45, 2.75) is 6.92 Å². The van der Waals surface area contributed by atoms with E-state index < -0.39 is 0 Å². The molecule has 3 N–H and O–H groups in total. The van der Waals surface area contributed by atoms with Crippen LogP contribution in [-0.4, -0.2) is 18.1 Å². The van der Waals surface area contributed by atoms with E-state index in [4.69, 9.17) is 10.5 Å². The molecule has 0 fully saturated rings. The van der Waals surface area contributed by atoms with Gasteiger partial charge in [-0.1, -0.05) is 6.07 Å². The number of nitrogens with two attached hydrogens (primary N) is 1. The van der Waals surface area contributed by atoms with Crippen molar-refractivity contribution in [2.75, 3.05) is 12.4 Å². The van der Waals surface area contributed by atoms with Gasteiger partial charge in [0.05, 0.1) is 18.4 Å². The fourth-order valence-corrected chi connectivity index (χ4v) is 1.79. The van der Waals surface area contributed by atoms with Gasteiger partial charge in [0.15, 0.2) is 0 Å². The molecule has 0 aliphatic rings. The first-order valence-electron chi connectivity index (χ1n) is 6.43. The Morgan fingerprint density at radius 3 is 2.81 bits per heavy atom. The molecule has 2 rings (SSSR count). The first-order valence-corrected chi connectivity index (χ1v) is 6.43. The van der Waals surface area contributed by atoms with Crippen LogP contribution in [0.1, 0.15) is 21.5 Å². The van der Waals surface area contributed by atoms with Gasteiger partial charge in [0, 0.05) is 29.8 Å². The zero-order valence-corrected chi connectivity index (χ0v) is 12.0. The first-order chi connectivity index (χ1) is 10.1. The zero-order chi connectivity index (χ0) is 15.2. The second kappa shape index (κ2) is 6.56. The Labute approximate surface area is 123 Å². The summed E-state index contributed by atoms with van der Waals surface area (Å²) in [6.07, 6.45) is 5.06. The molecule has 1 aromatic carbocycles. The molecule has 108 valence electrons. The van der Waals surface area contributed by atoms with Gasteiger partial charge in [0.2, 0.25) is 0 Å². The number of carbonyl (C=O) groups excluding carboxylic acids is 1. The summed E-state index contributed by atoms with van der Waals surface area (Å²) < 4.78 is 4.71. The Kier molecular flexibility index (Phi) is 4.56. The summed E-state index contributed by atoms with van der Waals surface area (Å²) in [7, 11) is 1.36. The van der Waals surface area contributed by atoms with Crippen LogP contribution in [-0.2, 0) is 4.74 Å². The smallest absolute Gasteiger partial charge is 0.337 e. The molecule has 0 aliphatic carbocycles. The lowest BCUT2D eigenvalue weighted by molar-refractivity contribution is 0.0601. The van der Waals surface area contributed by atoms with Gasteiger partial charge in [-0.2, -0.15) is 0 Å². The number of aromatic nitrogens is 1. The number of methoxy groups -OCH3 is 1. The van der Waals surface area contributed by atoms with Gasteiger partial charge >= 0.3 is 5.97 Å². The average molecular weight is 283 g/mol. The molecule has 5 nitrogen and oxygen atoms in total. The van der Waals surface area contributed by atoms with Crippen molar-refractivity contribution in [3.63, 3.8) is 0 Å². The fourth-order valence-electron chi connectivity index (χ4n) is 1.79. The van der Waals surface area contributed by atoms with Gasteiger partial charge in [0.1, 0.15) is 0 Å². The summed E-state index contributed by atoms with van der Waals surface area (Å²) in [5, 5.41) is 3.11. The molecule has 0 bridgehead atoms. The van der Waals surface area contributed by atoms with E-state index in [1.165, 1.54) is 7.11 Å². The number of hydrogen-bond acceptors (Lipinski definition) is 5. The number of esters is 1. The van der Waals surface area contributed by atoms with Gasteiger partial charge in [0.25, 0.3) is 0 Å². The molecular formula is C16H17N3O2. The third-order valence-corrected chi connectivity index (χ3v) is 3.04. The molecule has 0 unspecified atom stereocenters. The number of rotatable bonds is 4. The number of pyridine rings is 1. The normalized spacial score (nSPS) is 11.0. The van der Waals surface area contributed by atoms with Gasteiger partial charge in [-0.25, -0.2) is 4.79 Å². The van der Waals surface area contributed by atoms with Crippen LogP contribution >= 0.6 is 0 Å². The van der Waals surface area contributed by atoms with Crippen LogP contribution in [0.15, 0.2) is 48.9 Å². The monoisotopic (exact) mass is 283 g/mol. The molecule has 5 heteroatoms. The second-order valence-corrected chi connectivity index (χ2v) is 4.51. The molecule has 1 heterocycles. The quantitative estimate of drug-likeness (QED) is 0.843. The molecule has 0 aliphatic heterocycles. The number of ether oxygens (including phenoxy) is 1. The van der Waals surface area contributed by atoms with Crippen molar-refractivity contribution < 1.29 is 9.53 Å². The molecule has 0 saturated carbocycles. The van der Waals surface area contributed by atoms with Crippen LogP contribution in [0.5, 0.6) is 0 Å². The van der Waals surface area contributed by atoms with Crippen LogP contribution in [0.4, 0.5) is 5.69 Å². The van der Waals surface area contributed by atoms with E-state index in [0.717, 1.165) is 16.8 Å². The molecule has 2 aromatic rings. The highest BCUT2D eigenvalue weighted by Gasteiger charge is 2.07. The maximum Gasteiger partial charge on any atom is 0.337 e. The molecule has 0 radical (unpaired) electrons. The number of benzene rings is 1. The minimum Gasteiger partial charge on any atom is -0.465 e. The van der Waals surface area contributed by atoms with E-state index in [0.29, 0.717) is 11.3 Å². The van der Waals surface area contributed by atoms with Crippen molar-refractivity contribution in [1.29, 1.82) is 0 Å². The number of hydrogen-bond donors (Lipinski definition) is 2. The first kappa shape index (κ1) is 14.6. The number of nitrogens with zero attached hydrogens (tertiary/aromatic N) is 1. The predicted octanol–water partition coefficient (Wildman–Crippen LogP) is 2.55. The molecular weight excluding hydrogens is 266 g/mol. The third kappa shape index (κ3) is 3.60. The van der Waals surface area contributed by atoms with Crippen LogP contribution < -0.4 is 11.1 Å². The Bertz CT molecular complexity index is 666. The topological polar surface area (TPSA) is 77.2 Å². The maximum absolute atomic E-state index is 11.5. The summed E-state index contributed by atoms with van der Waals surface area (Å²) in [6.45, 7) is 1.94. The van der Waals surface area contributed by atoms with E-state index >= 15 is 0 Å². The van der Waals surface area contributed by atoms with E-state index in [-0.39, 0.29) is 5.97 Å². The van der Waals surface area contributed by atoms with Crippen molar-refractivity contribution in [2.24, 2.45) is 5.73 Å². The minimum atomic E-state index is -0.373. The Balaban J connectivity index is 2.21. The van der Waals surface area contributed by atoms with E-state index in [1.807, 2.05) is 25.1 Å². The van der Waals surface area contributed by atoms with Gasteiger partial charge in [-0.3, -0.25) is 4.98 Å². The van der Waals surface area contributed by atoms with Crippen molar-refractivity contribution in [3.05, 3.63) is 65.6 Å². The van der Waals surface area contributed by atoms with Crippen LogP contribution in [0, 0.1) is 6.92 Å². The summed E-state index contributed by atoms with van der Waals surface area (Å²) in [6, 6.07) is 8.99. The summed E-state index contributed by atoms with van der Waals surface area (Å²) in [5.74, 6) is -0.373. The number of aryl methyl sites for hydroxylation is 1. The van der Waals surface area contributed by atoms with E-state index in [2.05, 4.69) is 10.3 Å². The standard InChI is InChI=1S/C16H17N3O2/c1-11-5-6-12(16(20)21-2)8-15(11)19-10-14(17)13-4-3-7-18-9-13/h3-10,19H,17H2,1-2H3/b14-10-. The highest BCUT2D eigenvalue weighted by Crippen LogP contribution is 2.18. The highest BCUT2D eigenvalue weighted by molar-refractivity contribution is 5.90. The second-order valence-electron chi connectivity index (χ2n) is 4.51. The third-order valence-electron chi connectivity index (χ3n) is 3.04. The molecule has 0 spiro atoms. The van der Waals surface area contributed by atoms with Gasteiger partial charge < -0.3 is 15.8 Å². The lowest BCUT2D eigenvalue weighted by atomic mass is 10.1. The SMILES string of the molecule is COC(=O)c1ccc(C)c(N/C=C(\N)c2cccnc2)c1. The van der Waals surface area contributed by atoms with Crippen LogP contribution in [0.2, 0.25) is 0 Å². The van der Waals surface area contributed by atoms with Crippen LogP contribution in [0.25, 0.3) is 5.70 Å². The zero-order valence-electron chi connectivity index (χ0n) is 12.0. The van der Waals surface area contributed by atoms with Gasteiger partial charge in [-0.05, 0) is 36.8 Å². The molecule has 21 heavy (non-hydrogen) atoms. The van der Waals surface area contributed by atoms with Crippen molar-refractivity contribution in [3.8, 4) is 0 Å². The van der Waals surface area contributed by atoms with E-state index in [1.54, 1.807) is 30.7 Å². The van der Waals surface area contributed by atoms with Crippen molar-refractivity contribution in [1.82, 2.24) is 4.98 Å². The average Bonchev–Trinajstić information content (AvgIpc) is 2.53. The lowest BCUT2D eigenvalue weighted by Crippen LogP contribution is -2.04. The number of nitrogens with one attached hydrogen (secondary N) is 1. The van der Waals surface area contributed by atoms with E-state index in [9.17, 15) is 4.79 Å². The largest absolute Gasteiger partial charge is 0.465 e. The Morgan fingerprint density at radius 2 is 2.14 bits per heavy atom. The summed E-state index contributed by atoms with van der Waals surface area (Å²) in [4.78, 5) is 15.6. The Hall–Kier alpha value is -2.82. The minimum absolute atomic E-state index is 0.373. The summed E-state index contributed by atoms with van der Waals surface area (Å²) >= 11 is 0. The highest BCUT2D eigenvalue weighted by atomic mass is 16.5. The van der Waals surface area contributed by atoms with Gasteiger partial charge in [-0.15, -0.1) is 0 Å². The Morgan fingerprint density at radius 1 is 1.33 bits per heavy atom. The molecule has 0 amide bonds. The molecule has 0 saturated heterocycles. The molecule has 0 atom stereocenters. The fraction of sp³-hybridized carbons (Fsp3) is 0.125. The predicted molar refractivity (Wildman–Crippen MR) is 82.5 cm³/mol. The maximum atomic E-state index is 11.5. The van der Waals surface area contributed by atoms with Crippen molar-refractivity contribution >= 4 is 17.4 Å². The van der Waals surface area contributed by atoms with Crippen LogP contribution in [0.3, 0.4) is 0 Å². The summed E-state index contributed by atoms with van der Waals surface area (Å²) in [5.41, 5.74) is 9.65. The number of carbonyl (C=O) groups is 1. The lowest BCUT2D eigenvalue weighted by Gasteiger charge is -2.09. The molecule has 1 aromatic heterocycles.